The van der Waals surface area contributed by atoms with Crippen LogP contribution in [-0.4, -0.2) is 30.4 Å². The van der Waals surface area contributed by atoms with Crippen molar-refractivity contribution in [2.75, 3.05) is 6.61 Å². The molecule has 0 saturated heterocycles. The monoisotopic (exact) mass is 307 g/mol. The summed E-state index contributed by atoms with van der Waals surface area (Å²) >= 11 is -1.79. The molecule has 1 radical (unpaired) electrons. The van der Waals surface area contributed by atoms with E-state index >= 15 is 0 Å². The molecular weight excluding hydrogens is 283 g/mol. The van der Waals surface area contributed by atoms with Gasteiger partial charge >= 0.3 is 95.2 Å². The summed E-state index contributed by atoms with van der Waals surface area (Å²) < 4.78 is 7.77. The van der Waals surface area contributed by atoms with E-state index < -0.39 is 19.8 Å². The summed E-state index contributed by atoms with van der Waals surface area (Å²) in [5.41, 5.74) is 0. The van der Waals surface area contributed by atoms with Crippen LogP contribution >= 0.6 is 0 Å². The molecule has 0 unspecified atom stereocenters. The Labute approximate surface area is 95.1 Å². The maximum absolute atomic E-state index is 11.6. The van der Waals surface area contributed by atoms with Crippen LogP contribution in [0.2, 0.25) is 8.87 Å². The third kappa shape index (κ3) is 6.68. The van der Waals surface area contributed by atoms with Crippen LogP contribution in [0.1, 0.15) is 46.5 Å². The Balaban J connectivity index is 3.67. The van der Waals surface area contributed by atoms with Crippen LogP contribution in [0, 0.1) is 0 Å². The molecule has 0 aliphatic rings. The van der Waals surface area contributed by atoms with Gasteiger partial charge in [-0.25, -0.2) is 0 Å². The summed E-state index contributed by atoms with van der Waals surface area (Å²) in [6, 6.07) is 0. The first-order chi connectivity index (χ1) is 6.76. The molecule has 14 heavy (non-hydrogen) atoms. The molecule has 83 valence electrons. The van der Waals surface area contributed by atoms with E-state index in [1.807, 2.05) is 0 Å². The number of hydrogen-bond donors (Lipinski definition) is 0. The third-order valence-electron chi connectivity index (χ3n) is 2.28. The van der Waals surface area contributed by atoms with Gasteiger partial charge in [0, 0.05) is 0 Å². The van der Waals surface area contributed by atoms with Crippen LogP contribution in [-0.2, 0) is 4.74 Å². The Hall–Kier alpha value is 0.269. The maximum atomic E-state index is 11.6. The van der Waals surface area contributed by atoms with Crippen molar-refractivity contribution in [2.45, 2.75) is 55.3 Å². The molecule has 0 bridgehead atoms. The second-order valence-electron chi connectivity index (χ2n) is 3.55. The van der Waals surface area contributed by atoms with Crippen molar-refractivity contribution in [1.82, 2.24) is 0 Å². The van der Waals surface area contributed by atoms with Crippen molar-refractivity contribution in [3.8, 4) is 0 Å². The van der Waals surface area contributed by atoms with Gasteiger partial charge in [0.1, 0.15) is 0 Å². The van der Waals surface area contributed by atoms with E-state index in [0.717, 1.165) is 17.3 Å². The topological polar surface area (TPSA) is 26.3 Å². The third-order valence-corrected chi connectivity index (χ3v) is 9.51. The van der Waals surface area contributed by atoms with Gasteiger partial charge in [-0.05, 0) is 0 Å². The molecule has 0 fully saturated rings. The van der Waals surface area contributed by atoms with Crippen molar-refractivity contribution < 1.29 is 9.53 Å². The first-order valence-electron chi connectivity index (χ1n) is 5.78. The van der Waals surface area contributed by atoms with Gasteiger partial charge in [-0.15, -0.1) is 0 Å². The fourth-order valence-corrected chi connectivity index (χ4v) is 6.74. The standard InChI is InChI=1S/C5H9O2.C4H9.C2H5.Sn/c1-2-3-4-7-5-6;1-3-4-2;1-2;/h2-4H2,1H3;1,3-4H2,2H3;1H2,2H3;. The number of ether oxygens (including phenoxy) is 1. The molecule has 0 saturated carbocycles. The zero-order valence-corrected chi connectivity index (χ0v) is 12.6. The van der Waals surface area contributed by atoms with E-state index in [1.165, 1.54) is 17.3 Å². The zero-order valence-electron chi connectivity index (χ0n) is 9.77. The normalized spacial score (nSPS) is 10.6. The van der Waals surface area contributed by atoms with Gasteiger partial charge in [0.15, 0.2) is 0 Å². The molecule has 0 aromatic heterocycles. The average Bonchev–Trinajstić information content (AvgIpc) is 2.19. The predicted molar refractivity (Wildman–Crippen MR) is 62.2 cm³/mol. The molecule has 2 nitrogen and oxygen atoms in total. The van der Waals surface area contributed by atoms with Crippen LogP contribution < -0.4 is 0 Å². The Morgan fingerprint density at radius 3 is 2.29 bits per heavy atom. The molecule has 0 rings (SSSR count). The molecule has 0 aromatic carbocycles. The van der Waals surface area contributed by atoms with Gasteiger partial charge < -0.3 is 0 Å². The van der Waals surface area contributed by atoms with Crippen molar-refractivity contribution in [3.05, 3.63) is 0 Å². The van der Waals surface area contributed by atoms with Crippen molar-refractivity contribution in [1.29, 1.82) is 0 Å². The fraction of sp³-hybridized carbons (Fsp3) is 0.909. The molecule has 0 amide bonds. The van der Waals surface area contributed by atoms with E-state index in [-0.39, 0.29) is 3.99 Å². The molecule has 0 aromatic rings. The predicted octanol–water partition coefficient (Wildman–Crippen LogP) is 3.82. The molecule has 0 N–H and O–H groups in total. The van der Waals surface area contributed by atoms with E-state index in [1.54, 1.807) is 0 Å². The number of carbonyl (C=O) groups excluding carboxylic acids is 1. The SMILES string of the molecule is CCCCO[C](=O)[Sn]([CH2]C)[CH2]CCC. The number of carbonyl (C=O) groups is 1. The van der Waals surface area contributed by atoms with Crippen LogP contribution in [0.3, 0.4) is 0 Å². The Morgan fingerprint density at radius 1 is 1.14 bits per heavy atom. The van der Waals surface area contributed by atoms with Crippen LogP contribution in [0.15, 0.2) is 0 Å². The number of hydrogen-bond acceptors (Lipinski definition) is 2. The fourth-order valence-electron chi connectivity index (χ4n) is 1.22. The van der Waals surface area contributed by atoms with Crippen molar-refractivity contribution >= 4 is 23.7 Å². The van der Waals surface area contributed by atoms with E-state index in [4.69, 9.17) is 4.74 Å². The summed E-state index contributed by atoms with van der Waals surface area (Å²) in [5.74, 6) is 0. The van der Waals surface area contributed by atoms with Crippen LogP contribution in [0.4, 0.5) is 4.79 Å². The van der Waals surface area contributed by atoms with E-state index in [2.05, 4.69) is 20.8 Å². The summed E-state index contributed by atoms with van der Waals surface area (Å²) in [6.45, 7) is 7.08. The minimum atomic E-state index is -1.79. The van der Waals surface area contributed by atoms with Crippen molar-refractivity contribution in [3.63, 3.8) is 0 Å². The Bertz CT molecular complexity index is 148. The van der Waals surface area contributed by atoms with Gasteiger partial charge in [0.25, 0.3) is 0 Å². The van der Waals surface area contributed by atoms with Gasteiger partial charge in [-0.3, -0.25) is 0 Å². The average molecular weight is 306 g/mol. The Morgan fingerprint density at radius 2 is 1.79 bits per heavy atom. The molecule has 0 aliphatic carbocycles. The second kappa shape index (κ2) is 9.81. The quantitative estimate of drug-likeness (QED) is 0.503. The molecule has 3 heteroatoms. The summed E-state index contributed by atoms with van der Waals surface area (Å²) in [6.07, 6.45) is 4.53. The Kier molecular flexibility index (Phi) is 10.00. The molecular formula is C11H23O2Sn. The van der Waals surface area contributed by atoms with Crippen LogP contribution in [0.5, 0.6) is 0 Å². The van der Waals surface area contributed by atoms with Crippen molar-refractivity contribution in [2.24, 2.45) is 0 Å². The van der Waals surface area contributed by atoms with Gasteiger partial charge in [0.2, 0.25) is 0 Å². The van der Waals surface area contributed by atoms with Crippen LogP contribution in [0.25, 0.3) is 0 Å². The molecule has 0 spiro atoms. The minimum absolute atomic E-state index is 0.205. The number of rotatable bonds is 8. The van der Waals surface area contributed by atoms with Gasteiger partial charge in [-0.1, -0.05) is 0 Å². The first kappa shape index (κ1) is 14.3. The summed E-state index contributed by atoms with van der Waals surface area (Å²) in [5, 5.41) is 0. The number of unbranched alkanes of at least 4 members (excludes halogenated alkanes) is 2. The zero-order chi connectivity index (χ0) is 10.8. The molecule has 0 heterocycles. The van der Waals surface area contributed by atoms with Gasteiger partial charge in [0.05, 0.1) is 0 Å². The van der Waals surface area contributed by atoms with E-state index in [0.29, 0.717) is 6.61 Å². The summed E-state index contributed by atoms with van der Waals surface area (Å²) in [4.78, 5) is 11.6. The molecule has 0 aliphatic heterocycles. The first-order valence-corrected chi connectivity index (χ1v) is 11.2. The second-order valence-corrected chi connectivity index (χ2v) is 11.6. The molecule has 0 atom stereocenters. The van der Waals surface area contributed by atoms with E-state index in [9.17, 15) is 4.79 Å². The summed E-state index contributed by atoms with van der Waals surface area (Å²) in [7, 11) is 0. The van der Waals surface area contributed by atoms with Gasteiger partial charge in [-0.2, -0.15) is 0 Å².